The molecule has 0 radical (unpaired) electrons. The van der Waals surface area contributed by atoms with Crippen molar-refractivity contribution in [3.8, 4) is 5.75 Å². The zero-order valence-electron chi connectivity index (χ0n) is 10.0. The number of halogens is 4. The minimum atomic E-state index is -2.80. The van der Waals surface area contributed by atoms with Gasteiger partial charge < -0.3 is 10.4 Å². The molecular formula is C12H14F4N2O. The summed E-state index contributed by atoms with van der Waals surface area (Å²) in [5, 5.41) is 12.5. The monoisotopic (exact) mass is 278 g/mol. The average molecular weight is 278 g/mol. The van der Waals surface area contributed by atoms with Crippen molar-refractivity contribution in [3.63, 3.8) is 0 Å². The largest absolute Gasteiger partial charge is 0.505 e. The number of piperazine rings is 1. The van der Waals surface area contributed by atoms with Gasteiger partial charge in [-0.3, -0.25) is 4.90 Å². The van der Waals surface area contributed by atoms with Gasteiger partial charge in [-0.1, -0.05) is 6.07 Å². The Hall–Kier alpha value is -1.34. The Morgan fingerprint density at radius 2 is 1.79 bits per heavy atom. The van der Waals surface area contributed by atoms with E-state index in [9.17, 15) is 22.7 Å². The van der Waals surface area contributed by atoms with Crippen LogP contribution in [0.4, 0.5) is 17.6 Å². The fourth-order valence-electron chi connectivity index (χ4n) is 2.25. The first-order valence-electron chi connectivity index (χ1n) is 5.92. The van der Waals surface area contributed by atoms with Crippen LogP contribution in [-0.4, -0.2) is 42.6 Å². The molecule has 3 nitrogen and oxygen atoms in total. The van der Waals surface area contributed by atoms with E-state index in [-0.39, 0.29) is 5.56 Å². The van der Waals surface area contributed by atoms with Crippen LogP contribution < -0.4 is 5.32 Å². The van der Waals surface area contributed by atoms with E-state index >= 15 is 0 Å². The summed E-state index contributed by atoms with van der Waals surface area (Å²) in [6.07, 6.45) is -2.80. The fraction of sp³-hybridized carbons (Fsp3) is 0.500. The van der Waals surface area contributed by atoms with E-state index in [0.29, 0.717) is 26.2 Å². The zero-order valence-corrected chi connectivity index (χ0v) is 10.0. The van der Waals surface area contributed by atoms with Gasteiger partial charge in [0.2, 0.25) is 5.82 Å². The van der Waals surface area contributed by atoms with E-state index in [2.05, 4.69) is 5.32 Å². The summed E-state index contributed by atoms with van der Waals surface area (Å²) in [6, 6.07) is 0.325. The summed E-state index contributed by atoms with van der Waals surface area (Å²) in [7, 11) is 0. The van der Waals surface area contributed by atoms with Crippen molar-refractivity contribution in [2.75, 3.05) is 26.2 Å². The second-order valence-electron chi connectivity index (χ2n) is 4.36. The molecule has 19 heavy (non-hydrogen) atoms. The molecule has 1 heterocycles. The Labute approximate surface area is 107 Å². The number of benzene rings is 1. The average Bonchev–Trinajstić information content (AvgIpc) is 2.40. The molecule has 2 N–H and O–H groups in total. The van der Waals surface area contributed by atoms with Gasteiger partial charge in [0, 0.05) is 31.7 Å². The van der Waals surface area contributed by atoms with Gasteiger partial charge in [-0.05, 0) is 6.07 Å². The molecule has 1 aromatic carbocycles. The number of nitrogens with zero attached hydrogens (tertiary/aromatic N) is 1. The highest BCUT2D eigenvalue weighted by Gasteiger charge is 2.33. The topological polar surface area (TPSA) is 35.5 Å². The van der Waals surface area contributed by atoms with Crippen LogP contribution in [0.5, 0.6) is 5.75 Å². The zero-order chi connectivity index (χ0) is 14.0. The van der Waals surface area contributed by atoms with E-state index in [4.69, 9.17) is 0 Å². The molecule has 0 aliphatic carbocycles. The molecule has 0 spiro atoms. The predicted molar refractivity (Wildman–Crippen MR) is 61.2 cm³/mol. The maximum absolute atomic E-state index is 13.3. The minimum absolute atomic E-state index is 0.282. The number of nitrogens with one attached hydrogen (secondary N) is 1. The summed E-state index contributed by atoms with van der Waals surface area (Å²) in [6.45, 7) is 1.78. The molecule has 1 aliphatic heterocycles. The van der Waals surface area contributed by atoms with Crippen molar-refractivity contribution >= 4 is 0 Å². The van der Waals surface area contributed by atoms with Crippen LogP contribution in [0.15, 0.2) is 12.1 Å². The summed E-state index contributed by atoms with van der Waals surface area (Å²) >= 11 is 0. The number of hydrogen-bond donors (Lipinski definition) is 2. The van der Waals surface area contributed by atoms with Crippen LogP contribution in [-0.2, 0) is 0 Å². The number of alkyl halides is 2. The highest BCUT2D eigenvalue weighted by Crippen LogP contribution is 2.35. The van der Waals surface area contributed by atoms with Crippen LogP contribution in [0, 0.1) is 11.6 Å². The molecule has 1 fully saturated rings. The lowest BCUT2D eigenvalue weighted by Crippen LogP contribution is -2.47. The SMILES string of the molecule is Oc1c([C@@H](C(F)F)N2CCNCC2)ccc(F)c1F. The van der Waals surface area contributed by atoms with Crippen LogP contribution in [0.25, 0.3) is 0 Å². The highest BCUT2D eigenvalue weighted by molar-refractivity contribution is 5.37. The molecule has 106 valence electrons. The molecule has 0 bridgehead atoms. The fourth-order valence-corrected chi connectivity index (χ4v) is 2.25. The van der Waals surface area contributed by atoms with Gasteiger partial charge in [0.15, 0.2) is 11.6 Å². The molecule has 0 saturated carbocycles. The van der Waals surface area contributed by atoms with E-state index in [1.165, 1.54) is 4.90 Å². The first kappa shape index (κ1) is 14.1. The van der Waals surface area contributed by atoms with Crippen molar-refractivity contribution in [1.29, 1.82) is 0 Å². The smallest absolute Gasteiger partial charge is 0.258 e. The van der Waals surface area contributed by atoms with E-state index in [0.717, 1.165) is 12.1 Å². The lowest BCUT2D eigenvalue weighted by molar-refractivity contribution is 0.0167. The quantitative estimate of drug-likeness (QED) is 0.829. The third kappa shape index (κ3) is 2.82. The van der Waals surface area contributed by atoms with Crippen molar-refractivity contribution < 1.29 is 22.7 Å². The van der Waals surface area contributed by atoms with Gasteiger partial charge in [-0.25, -0.2) is 13.2 Å². The first-order valence-corrected chi connectivity index (χ1v) is 5.92. The van der Waals surface area contributed by atoms with Crippen molar-refractivity contribution in [2.45, 2.75) is 12.5 Å². The Morgan fingerprint density at radius 1 is 1.16 bits per heavy atom. The molecular weight excluding hydrogens is 264 g/mol. The number of aromatic hydroxyl groups is 1. The Morgan fingerprint density at radius 3 is 2.37 bits per heavy atom. The van der Waals surface area contributed by atoms with Gasteiger partial charge in [0.1, 0.15) is 6.04 Å². The van der Waals surface area contributed by atoms with Crippen molar-refractivity contribution in [1.82, 2.24) is 10.2 Å². The Balaban J connectivity index is 2.36. The first-order chi connectivity index (χ1) is 9.02. The summed E-state index contributed by atoms with van der Waals surface area (Å²) in [5.41, 5.74) is -0.282. The van der Waals surface area contributed by atoms with Crippen molar-refractivity contribution in [2.24, 2.45) is 0 Å². The standard InChI is InChI=1S/C12H14F4N2O/c13-8-2-1-7(11(19)9(8)14)10(12(15)16)18-5-3-17-4-6-18/h1-2,10,12,17,19H,3-6H2/t10-/m0/s1. The molecule has 0 amide bonds. The summed E-state index contributed by atoms with van der Waals surface area (Å²) < 4.78 is 52.6. The summed E-state index contributed by atoms with van der Waals surface area (Å²) in [5.74, 6) is -3.78. The normalized spacial score (nSPS) is 18.8. The van der Waals surface area contributed by atoms with Crippen LogP contribution in [0.2, 0.25) is 0 Å². The van der Waals surface area contributed by atoms with Gasteiger partial charge in [0.05, 0.1) is 0 Å². The second-order valence-corrected chi connectivity index (χ2v) is 4.36. The van der Waals surface area contributed by atoms with Crippen molar-refractivity contribution in [3.05, 3.63) is 29.3 Å². The lowest BCUT2D eigenvalue weighted by Gasteiger charge is -2.34. The molecule has 7 heteroatoms. The number of phenols is 1. The van der Waals surface area contributed by atoms with Gasteiger partial charge in [-0.15, -0.1) is 0 Å². The molecule has 0 unspecified atom stereocenters. The van der Waals surface area contributed by atoms with Crippen LogP contribution in [0.3, 0.4) is 0 Å². The number of phenolic OH excluding ortho intramolecular Hbond substituents is 1. The Kier molecular flexibility index (Phi) is 4.26. The number of rotatable bonds is 3. The molecule has 1 atom stereocenters. The molecule has 2 rings (SSSR count). The van der Waals surface area contributed by atoms with Gasteiger partial charge in [-0.2, -0.15) is 4.39 Å². The molecule has 0 aromatic heterocycles. The number of hydrogen-bond acceptors (Lipinski definition) is 3. The highest BCUT2D eigenvalue weighted by atomic mass is 19.3. The van der Waals surface area contributed by atoms with E-state index < -0.39 is 29.9 Å². The third-order valence-electron chi connectivity index (χ3n) is 3.20. The Bertz CT molecular complexity index is 450. The molecule has 1 saturated heterocycles. The second kappa shape index (κ2) is 5.75. The maximum Gasteiger partial charge on any atom is 0.258 e. The van der Waals surface area contributed by atoms with Gasteiger partial charge >= 0.3 is 0 Å². The van der Waals surface area contributed by atoms with E-state index in [1.807, 2.05) is 0 Å². The summed E-state index contributed by atoms with van der Waals surface area (Å²) in [4.78, 5) is 1.45. The van der Waals surface area contributed by atoms with Gasteiger partial charge in [0.25, 0.3) is 6.43 Å². The maximum atomic E-state index is 13.3. The molecule has 1 aliphatic rings. The minimum Gasteiger partial charge on any atom is -0.505 e. The molecule has 1 aromatic rings. The van der Waals surface area contributed by atoms with Crippen LogP contribution >= 0.6 is 0 Å². The third-order valence-corrected chi connectivity index (χ3v) is 3.20. The lowest BCUT2D eigenvalue weighted by atomic mass is 10.0. The predicted octanol–water partition coefficient (Wildman–Crippen LogP) is 1.88. The van der Waals surface area contributed by atoms with E-state index in [1.54, 1.807) is 0 Å². The van der Waals surface area contributed by atoms with Crippen LogP contribution in [0.1, 0.15) is 11.6 Å².